The molecule has 0 spiro atoms. The summed E-state index contributed by atoms with van der Waals surface area (Å²) >= 11 is 0. The van der Waals surface area contributed by atoms with Gasteiger partial charge in [0.25, 0.3) is 0 Å². The number of carbonyl (C=O) groups is 1. The first-order chi connectivity index (χ1) is 11.9. The Kier molecular flexibility index (Phi) is 8.22. The minimum absolute atomic E-state index is 0.0998. The minimum Gasteiger partial charge on any atom is -0.500 e. The molecule has 0 saturated carbocycles. The Bertz CT molecular complexity index is 676. The Morgan fingerprint density at radius 2 is 1.84 bits per heavy atom. The summed E-state index contributed by atoms with van der Waals surface area (Å²) < 4.78 is 28.7. The second-order valence-corrected chi connectivity index (χ2v) is 10.5. The quantitative estimate of drug-likeness (QED) is 0.238. The van der Waals surface area contributed by atoms with Crippen LogP contribution < -0.4 is 4.74 Å². The van der Waals surface area contributed by atoms with Crippen molar-refractivity contribution in [3.63, 3.8) is 0 Å². The van der Waals surface area contributed by atoms with Crippen LogP contribution in [0.15, 0.2) is 30.2 Å². The average molecular weight is 364 g/mol. The van der Waals surface area contributed by atoms with Gasteiger partial charge in [0.2, 0.25) is 5.76 Å². The fourth-order valence-corrected chi connectivity index (χ4v) is 4.76. The first-order valence-electron chi connectivity index (χ1n) is 8.27. The molecule has 25 heavy (non-hydrogen) atoms. The van der Waals surface area contributed by atoms with Gasteiger partial charge in [-0.2, -0.15) is 0 Å². The van der Waals surface area contributed by atoms with Gasteiger partial charge in [0, 0.05) is 5.56 Å². The molecular weight excluding hydrogens is 339 g/mol. The molecule has 0 radical (unpaired) electrons. The van der Waals surface area contributed by atoms with E-state index in [4.69, 9.17) is 9.47 Å². The minimum atomic E-state index is -1.60. The fraction of sp³-hybridized carbons (Fsp3) is 0.421. The lowest BCUT2D eigenvalue weighted by Gasteiger charge is -2.20. The van der Waals surface area contributed by atoms with E-state index in [1.54, 1.807) is 6.07 Å². The summed E-state index contributed by atoms with van der Waals surface area (Å²) in [6.45, 7) is 6.52. The fourth-order valence-electron chi connectivity index (χ4n) is 2.32. The second-order valence-electron chi connectivity index (χ2n) is 5.55. The Morgan fingerprint density at radius 3 is 2.36 bits per heavy atom. The van der Waals surface area contributed by atoms with Crippen LogP contribution in [0.5, 0.6) is 5.75 Å². The van der Waals surface area contributed by atoms with Crippen LogP contribution in [0.25, 0.3) is 0 Å². The standard InChI is InChI=1S/C19H25FO4Si/c1-6-25(7-2,8-3)12-11-15-9-10-16(20)17(13-15)24-18(14-22-4)19(21)23-5/h9-10,13-14H,6-8H2,1-5H3/b18-14-. The number of hydrogen-bond donors (Lipinski definition) is 0. The highest BCUT2D eigenvalue weighted by atomic mass is 28.3. The molecule has 1 rings (SSSR count). The van der Waals surface area contributed by atoms with Crippen LogP contribution in [0.3, 0.4) is 0 Å². The Labute approximate surface area is 150 Å². The van der Waals surface area contributed by atoms with E-state index < -0.39 is 19.9 Å². The van der Waals surface area contributed by atoms with Crippen LogP contribution in [0.2, 0.25) is 18.1 Å². The van der Waals surface area contributed by atoms with Gasteiger partial charge in [-0.05, 0) is 36.3 Å². The van der Waals surface area contributed by atoms with E-state index in [1.807, 2.05) is 0 Å². The maximum absolute atomic E-state index is 14.0. The van der Waals surface area contributed by atoms with E-state index in [0.29, 0.717) is 5.56 Å². The molecule has 0 N–H and O–H groups in total. The van der Waals surface area contributed by atoms with Crippen molar-refractivity contribution in [2.75, 3.05) is 14.2 Å². The lowest BCUT2D eigenvalue weighted by Crippen LogP contribution is -2.29. The highest BCUT2D eigenvalue weighted by molar-refractivity contribution is 6.87. The van der Waals surface area contributed by atoms with Crippen molar-refractivity contribution in [3.05, 3.63) is 41.6 Å². The van der Waals surface area contributed by atoms with Gasteiger partial charge in [0.1, 0.15) is 14.3 Å². The van der Waals surface area contributed by atoms with Crippen LogP contribution in [-0.2, 0) is 14.3 Å². The van der Waals surface area contributed by atoms with Gasteiger partial charge < -0.3 is 14.2 Å². The zero-order chi connectivity index (χ0) is 18.9. The number of benzene rings is 1. The normalized spacial score (nSPS) is 11.4. The molecule has 0 saturated heterocycles. The maximum Gasteiger partial charge on any atom is 0.377 e. The molecule has 0 aliphatic heterocycles. The van der Waals surface area contributed by atoms with E-state index in [9.17, 15) is 9.18 Å². The van der Waals surface area contributed by atoms with E-state index >= 15 is 0 Å². The zero-order valence-electron chi connectivity index (χ0n) is 15.4. The Hall–Kier alpha value is -2.26. The summed E-state index contributed by atoms with van der Waals surface area (Å²) in [7, 11) is 0.962. The van der Waals surface area contributed by atoms with E-state index in [1.165, 1.54) is 26.4 Å². The van der Waals surface area contributed by atoms with E-state index in [2.05, 4.69) is 37.0 Å². The molecule has 4 nitrogen and oxygen atoms in total. The molecule has 136 valence electrons. The number of hydrogen-bond acceptors (Lipinski definition) is 4. The highest BCUT2D eigenvalue weighted by Gasteiger charge is 2.24. The third kappa shape index (κ3) is 5.64. The van der Waals surface area contributed by atoms with Crippen molar-refractivity contribution >= 4 is 14.0 Å². The third-order valence-corrected chi connectivity index (χ3v) is 8.98. The molecule has 0 bridgehead atoms. The molecule has 0 aromatic heterocycles. The van der Waals surface area contributed by atoms with Crippen molar-refractivity contribution < 1.29 is 23.4 Å². The first kappa shape index (κ1) is 20.8. The van der Waals surface area contributed by atoms with Gasteiger partial charge >= 0.3 is 5.97 Å². The smallest absolute Gasteiger partial charge is 0.377 e. The van der Waals surface area contributed by atoms with Gasteiger partial charge in [0.15, 0.2) is 11.6 Å². The summed E-state index contributed by atoms with van der Waals surface area (Å²) in [5, 5.41) is 0. The largest absolute Gasteiger partial charge is 0.500 e. The summed E-state index contributed by atoms with van der Waals surface area (Å²) in [6.07, 6.45) is 1.06. The zero-order valence-corrected chi connectivity index (χ0v) is 16.4. The van der Waals surface area contributed by atoms with Gasteiger partial charge in [0.05, 0.1) is 14.2 Å². The third-order valence-electron chi connectivity index (χ3n) is 4.26. The molecule has 1 aromatic carbocycles. The monoisotopic (exact) mass is 364 g/mol. The van der Waals surface area contributed by atoms with E-state index in [-0.39, 0.29) is 11.5 Å². The molecule has 0 amide bonds. The number of halogens is 1. The number of carbonyl (C=O) groups excluding carboxylic acids is 1. The van der Waals surface area contributed by atoms with Crippen LogP contribution >= 0.6 is 0 Å². The number of ether oxygens (including phenoxy) is 3. The summed E-state index contributed by atoms with van der Waals surface area (Å²) in [6, 6.07) is 7.61. The van der Waals surface area contributed by atoms with Crippen LogP contribution in [-0.4, -0.2) is 28.3 Å². The average Bonchev–Trinajstić information content (AvgIpc) is 2.64. The van der Waals surface area contributed by atoms with E-state index in [0.717, 1.165) is 24.4 Å². The lowest BCUT2D eigenvalue weighted by molar-refractivity contribution is -0.138. The van der Waals surface area contributed by atoms with Crippen LogP contribution in [0.1, 0.15) is 26.3 Å². The van der Waals surface area contributed by atoms with Crippen LogP contribution in [0, 0.1) is 17.3 Å². The topological polar surface area (TPSA) is 44.8 Å². The molecule has 0 unspecified atom stereocenters. The van der Waals surface area contributed by atoms with Gasteiger partial charge in [-0.15, -0.1) is 5.54 Å². The number of methoxy groups -OCH3 is 2. The van der Waals surface area contributed by atoms with Crippen molar-refractivity contribution in [1.82, 2.24) is 0 Å². The molecule has 0 fully saturated rings. The molecule has 0 aliphatic rings. The SMILES string of the molecule is CC[Si](C#Cc1ccc(F)c(O/C(=C\OC)C(=O)OC)c1)(CC)CC. The summed E-state index contributed by atoms with van der Waals surface area (Å²) in [4.78, 5) is 11.6. The van der Waals surface area contributed by atoms with Crippen LogP contribution in [0.4, 0.5) is 4.39 Å². The predicted molar refractivity (Wildman–Crippen MR) is 98.2 cm³/mol. The Balaban J connectivity index is 3.16. The predicted octanol–water partition coefficient (Wildman–Crippen LogP) is 4.26. The van der Waals surface area contributed by atoms with Gasteiger partial charge in [-0.3, -0.25) is 0 Å². The van der Waals surface area contributed by atoms with Crippen molar-refractivity contribution in [2.45, 2.75) is 38.9 Å². The van der Waals surface area contributed by atoms with Gasteiger partial charge in [-0.1, -0.05) is 26.7 Å². The van der Waals surface area contributed by atoms with Crippen molar-refractivity contribution in [2.24, 2.45) is 0 Å². The molecule has 6 heteroatoms. The molecule has 1 aromatic rings. The van der Waals surface area contributed by atoms with Crippen molar-refractivity contribution in [1.29, 1.82) is 0 Å². The second kappa shape index (κ2) is 9.89. The highest BCUT2D eigenvalue weighted by Crippen LogP contribution is 2.23. The maximum atomic E-state index is 14.0. The molecule has 0 atom stereocenters. The molecular formula is C19H25FO4Si. The first-order valence-corrected chi connectivity index (χ1v) is 10.9. The lowest BCUT2D eigenvalue weighted by atomic mass is 10.2. The Morgan fingerprint density at radius 1 is 1.20 bits per heavy atom. The summed E-state index contributed by atoms with van der Waals surface area (Å²) in [5.74, 6) is 1.46. The molecule has 0 heterocycles. The van der Waals surface area contributed by atoms with Gasteiger partial charge in [-0.25, -0.2) is 9.18 Å². The number of rotatable bonds is 7. The summed E-state index contributed by atoms with van der Waals surface area (Å²) in [5.41, 5.74) is 4.08. The number of esters is 1. The van der Waals surface area contributed by atoms with Crippen molar-refractivity contribution in [3.8, 4) is 17.2 Å². The molecule has 0 aliphatic carbocycles.